The molecule has 1 saturated heterocycles. The summed E-state index contributed by atoms with van der Waals surface area (Å²) in [7, 11) is 0. The van der Waals surface area contributed by atoms with Gasteiger partial charge in [0.15, 0.2) is 0 Å². The largest absolute Gasteiger partial charge is 0.338 e. The second kappa shape index (κ2) is 7.61. The smallest absolute Gasteiger partial charge is 0.255 e. The van der Waals surface area contributed by atoms with Crippen molar-refractivity contribution in [1.29, 1.82) is 0 Å². The predicted molar refractivity (Wildman–Crippen MR) is 99.0 cm³/mol. The minimum Gasteiger partial charge on any atom is -0.338 e. The molecule has 1 aliphatic rings. The number of carbonyl (C=O) groups excluding carboxylic acids is 2. The monoisotopic (exact) mass is 338 g/mol. The summed E-state index contributed by atoms with van der Waals surface area (Å²) in [5.74, 6) is -0.174. The third-order valence-electron chi connectivity index (χ3n) is 4.17. The molecule has 6 nitrogen and oxygen atoms in total. The van der Waals surface area contributed by atoms with Crippen molar-refractivity contribution >= 4 is 23.6 Å². The van der Waals surface area contributed by atoms with Crippen LogP contribution in [0.5, 0.6) is 0 Å². The predicted octanol–water partition coefficient (Wildman–Crippen LogP) is 2.29. The Morgan fingerprint density at radius 3 is 2.64 bits per heavy atom. The number of amides is 2. The molecule has 1 aromatic heterocycles. The molecule has 25 heavy (non-hydrogen) atoms. The molecule has 2 heterocycles. The number of nitrogens with zero attached hydrogens (tertiary/aromatic N) is 2. The lowest BCUT2D eigenvalue weighted by atomic mass is 9.90. The van der Waals surface area contributed by atoms with Gasteiger partial charge in [-0.05, 0) is 19.1 Å². The highest BCUT2D eigenvalue weighted by molar-refractivity contribution is 6.00. The molecular weight excluding hydrogens is 316 g/mol. The molecule has 0 unspecified atom stereocenters. The van der Waals surface area contributed by atoms with Crippen molar-refractivity contribution in [2.75, 3.05) is 13.1 Å². The average molecular weight is 338 g/mol. The molecule has 130 valence electrons. The van der Waals surface area contributed by atoms with Crippen molar-refractivity contribution in [3.05, 3.63) is 67.1 Å². The van der Waals surface area contributed by atoms with Gasteiger partial charge in [0.1, 0.15) is 0 Å². The molecule has 0 aromatic carbocycles. The number of rotatable bonds is 7. The summed E-state index contributed by atoms with van der Waals surface area (Å²) >= 11 is 0. The molecule has 0 saturated carbocycles. The van der Waals surface area contributed by atoms with Crippen LogP contribution < -0.4 is 5.32 Å². The van der Waals surface area contributed by atoms with E-state index in [1.54, 1.807) is 23.2 Å². The van der Waals surface area contributed by atoms with Gasteiger partial charge in [-0.1, -0.05) is 38.0 Å². The minimum absolute atomic E-state index is 0.0740. The highest BCUT2D eigenvalue weighted by atomic mass is 16.2. The second-order valence-corrected chi connectivity index (χ2v) is 5.89. The van der Waals surface area contributed by atoms with E-state index in [4.69, 9.17) is 0 Å². The molecule has 6 heteroatoms. The number of carbonyl (C=O) groups is 2. The Morgan fingerprint density at radius 1 is 1.36 bits per heavy atom. The maximum absolute atomic E-state index is 12.3. The van der Waals surface area contributed by atoms with Gasteiger partial charge in [0.05, 0.1) is 11.9 Å². The average Bonchev–Trinajstić information content (AvgIpc) is 3.01. The third kappa shape index (κ3) is 4.03. The van der Waals surface area contributed by atoms with Gasteiger partial charge in [-0.3, -0.25) is 14.7 Å². The van der Waals surface area contributed by atoms with E-state index in [1.807, 2.05) is 6.92 Å². The normalized spacial score (nSPS) is 14.4. The molecule has 1 aliphatic heterocycles. The van der Waals surface area contributed by atoms with Gasteiger partial charge in [-0.25, -0.2) is 0 Å². The number of nitrogens with one attached hydrogen (secondary N) is 2. The maximum atomic E-state index is 12.3. The van der Waals surface area contributed by atoms with E-state index in [2.05, 4.69) is 41.8 Å². The Balaban J connectivity index is 1.93. The molecular formula is C19H22N4O2. The summed E-state index contributed by atoms with van der Waals surface area (Å²) in [5.41, 5.74) is 3.12. The lowest BCUT2D eigenvalue weighted by molar-refractivity contribution is -0.131. The fourth-order valence-corrected chi connectivity index (χ4v) is 2.51. The standard InChI is InChI=1S/C19H22N4O2/c1-6-17-16(9-20-22-17)14(5)21-19(25)13(4)8-12(3)15-10-23(11-15)18(24)7-2/h6-9,15H,1-2,4-5,10-11H2,3H3,(H,20,22)(H,21,25)/b12-8+. The second-order valence-electron chi connectivity index (χ2n) is 5.89. The number of aromatic amines is 1. The molecule has 1 fully saturated rings. The number of likely N-dealkylation sites (tertiary alicyclic amines) is 1. The van der Waals surface area contributed by atoms with Crippen molar-refractivity contribution < 1.29 is 9.59 Å². The van der Waals surface area contributed by atoms with Crippen LogP contribution in [0.4, 0.5) is 0 Å². The van der Waals surface area contributed by atoms with Crippen LogP contribution in [-0.4, -0.2) is 40.0 Å². The van der Waals surface area contributed by atoms with Crippen LogP contribution in [0.2, 0.25) is 0 Å². The summed E-state index contributed by atoms with van der Waals surface area (Å²) in [6.45, 7) is 18.0. The Morgan fingerprint density at radius 2 is 2.04 bits per heavy atom. The van der Waals surface area contributed by atoms with Gasteiger partial charge >= 0.3 is 0 Å². The molecule has 1 aromatic rings. The van der Waals surface area contributed by atoms with Gasteiger partial charge < -0.3 is 10.2 Å². The number of aromatic nitrogens is 2. The van der Waals surface area contributed by atoms with Crippen molar-refractivity contribution in [3.8, 4) is 0 Å². The van der Waals surface area contributed by atoms with E-state index in [0.717, 1.165) is 5.57 Å². The van der Waals surface area contributed by atoms with Gasteiger partial charge in [-0.2, -0.15) is 5.10 Å². The molecule has 0 atom stereocenters. The molecule has 2 N–H and O–H groups in total. The van der Waals surface area contributed by atoms with Gasteiger partial charge in [0, 0.05) is 35.8 Å². The Bertz CT molecular complexity index is 779. The molecule has 2 amide bonds. The summed E-state index contributed by atoms with van der Waals surface area (Å²) in [6, 6.07) is 0. The first-order chi connectivity index (χ1) is 11.9. The lowest BCUT2D eigenvalue weighted by Gasteiger charge is -2.39. The summed E-state index contributed by atoms with van der Waals surface area (Å²) < 4.78 is 0. The van der Waals surface area contributed by atoms with E-state index in [9.17, 15) is 9.59 Å². The molecule has 0 spiro atoms. The third-order valence-corrected chi connectivity index (χ3v) is 4.17. The zero-order valence-electron chi connectivity index (χ0n) is 14.3. The van der Waals surface area contributed by atoms with Crippen LogP contribution >= 0.6 is 0 Å². The van der Waals surface area contributed by atoms with Crippen molar-refractivity contribution in [2.24, 2.45) is 5.92 Å². The van der Waals surface area contributed by atoms with E-state index in [0.29, 0.717) is 35.6 Å². The van der Waals surface area contributed by atoms with Crippen LogP contribution in [0.25, 0.3) is 11.8 Å². The number of H-pyrrole nitrogens is 1. The first-order valence-electron chi connectivity index (χ1n) is 7.82. The fraction of sp³-hybridized carbons (Fsp3) is 0.211. The topological polar surface area (TPSA) is 78.1 Å². The Labute approximate surface area is 147 Å². The Kier molecular flexibility index (Phi) is 5.54. The minimum atomic E-state index is -0.334. The first-order valence-corrected chi connectivity index (χ1v) is 7.82. The van der Waals surface area contributed by atoms with E-state index < -0.39 is 0 Å². The van der Waals surface area contributed by atoms with Crippen LogP contribution in [0, 0.1) is 5.92 Å². The fourth-order valence-electron chi connectivity index (χ4n) is 2.51. The zero-order valence-corrected chi connectivity index (χ0v) is 14.3. The van der Waals surface area contributed by atoms with E-state index in [1.165, 1.54) is 6.08 Å². The van der Waals surface area contributed by atoms with Gasteiger partial charge in [0.2, 0.25) is 5.91 Å². The van der Waals surface area contributed by atoms with Gasteiger partial charge in [0.25, 0.3) is 5.91 Å². The molecule has 0 aliphatic carbocycles. The maximum Gasteiger partial charge on any atom is 0.255 e. The van der Waals surface area contributed by atoms with Gasteiger partial charge in [-0.15, -0.1) is 0 Å². The molecule has 0 bridgehead atoms. The summed E-state index contributed by atoms with van der Waals surface area (Å²) in [5, 5.41) is 9.38. The van der Waals surface area contributed by atoms with E-state index in [-0.39, 0.29) is 17.7 Å². The number of hydrogen-bond acceptors (Lipinski definition) is 3. The zero-order chi connectivity index (χ0) is 18.6. The van der Waals surface area contributed by atoms with Crippen LogP contribution in [0.15, 0.2) is 55.8 Å². The lowest BCUT2D eigenvalue weighted by Crippen LogP contribution is -2.49. The SMILES string of the molecule is C=CC(=O)N1CC(/C(C)=C/C(=C)C(=O)NC(=C)c2cn[nH]c2C=C)C1. The quantitative estimate of drug-likeness (QED) is 0.591. The highest BCUT2D eigenvalue weighted by Gasteiger charge is 2.30. The number of hydrogen-bond donors (Lipinski definition) is 2. The first kappa shape index (κ1) is 18.2. The van der Waals surface area contributed by atoms with Crippen molar-refractivity contribution in [1.82, 2.24) is 20.4 Å². The summed E-state index contributed by atoms with van der Waals surface area (Å²) in [4.78, 5) is 25.4. The van der Waals surface area contributed by atoms with Crippen LogP contribution in [0.1, 0.15) is 18.2 Å². The van der Waals surface area contributed by atoms with Crippen LogP contribution in [0.3, 0.4) is 0 Å². The molecule has 2 rings (SSSR count). The van der Waals surface area contributed by atoms with Crippen LogP contribution in [-0.2, 0) is 9.59 Å². The Hall–Kier alpha value is -3.15. The molecule has 0 radical (unpaired) electrons. The summed E-state index contributed by atoms with van der Waals surface area (Å²) in [6.07, 6.45) is 6.22. The van der Waals surface area contributed by atoms with E-state index >= 15 is 0 Å². The van der Waals surface area contributed by atoms with Crippen molar-refractivity contribution in [2.45, 2.75) is 6.92 Å². The van der Waals surface area contributed by atoms with Crippen molar-refractivity contribution in [3.63, 3.8) is 0 Å². The highest BCUT2D eigenvalue weighted by Crippen LogP contribution is 2.24.